The van der Waals surface area contributed by atoms with Gasteiger partial charge in [0, 0.05) is 18.8 Å². The molecule has 2 aliphatic heterocycles. The van der Waals surface area contributed by atoms with Crippen LogP contribution < -0.4 is 10.6 Å². The number of nitrogens with two attached hydrogens (primary N) is 1. The fraction of sp³-hybridized carbons (Fsp3) is 0.467. The van der Waals surface area contributed by atoms with Gasteiger partial charge in [-0.2, -0.15) is 0 Å². The maximum atomic E-state index is 12.5. The molecule has 112 valence electrons. The molecule has 6 nitrogen and oxygen atoms in total. The number of rotatable bonds is 3. The maximum Gasteiger partial charge on any atom is 0.335 e. The molecule has 2 unspecified atom stereocenters. The third kappa shape index (κ3) is 2.52. The Kier molecular flexibility index (Phi) is 3.65. The van der Waals surface area contributed by atoms with E-state index < -0.39 is 12.1 Å². The van der Waals surface area contributed by atoms with Crippen LogP contribution in [0.2, 0.25) is 0 Å². The maximum absolute atomic E-state index is 12.5. The lowest BCUT2D eigenvalue weighted by molar-refractivity contribution is -0.129. The average Bonchev–Trinajstić information content (AvgIpc) is 3.12. The van der Waals surface area contributed by atoms with Crippen molar-refractivity contribution in [2.45, 2.75) is 31.5 Å². The first-order chi connectivity index (χ1) is 10.1. The van der Waals surface area contributed by atoms with Gasteiger partial charge < -0.3 is 20.5 Å². The zero-order valence-electron chi connectivity index (χ0n) is 11.6. The number of fused-ring (bicyclic) bond motifs is 1. The van der Waals surface area contributed by atoms with Gasteiger partial charge in [0.2, 0.25) is 0 Å². The zero-order valence-corrected chi connectivity index (χ0v) is 11.6. The van der Waals surface area contributed by atoms with Crippen LogP contribution in [-0.2, 0) is 16.0 Å². The Morgan fingerprint density at radius 3 is 2.86 bits per heavy atom. The Morgan fingerprint density at radius 2 is 2.19 bits per heavy atom. The summed E-state index contributed by atoms with van der Waals surface area (Å²) in [5.74, 6) is -1.000. The molecule has 21 heavy (non-hydrogen) atoms. The highest BCUT2D eigenvalue weighted by atomic mass is 16.5. The van der Waals surface area contributed by atoms with Crippen molar-refractivity contribution in [1.82, 2.24) is 0 Å². The van der Waals surface area contributed by atoms with E-state index in [0.29, 0.717) is 25.9 Å². The molecule has 1 fully saturated rings. The van der Waals surface area contributed by atoms with Crippen LogP contribution in [0, 0.1) is 0 Å². The van der Waals surface area contributed by atoms with E-state index in [0.717, 1.165) is 17.7 Å². The molecule has 1 aromatic carbocycles. The summed E-state index contributed by atoms with van der Waals surface area (Å²) in [5.41, 5.74) is 7.51. The predicted molar refractivity (Wildman–Crippen MR) is 76.4 cm³/mol. The molecule has 6 heteroatoms. The first-order valence-corrected chi connectivity index (χ1v) is 7.13. The second-order valence-corrected chi connectivity index (χ2v) is 5.45. The molecule has 0 spiro atoms. The van der Waals surface area contributed by atoms with Crippen LogP contribution in [0.4, 0.5) is 5.69 Å². The van der Waals surface area contributed by atoms with Crippen LogP contribution in [0.25, 0.3) is 0 Å². The Labute approximate surface area is 122 Å². The van der Waals surface area contributed by atoms with Crippen molar-refractivity contribution in [3.05, 3.63) is 29.3 Å². The van der Waals surface area contributed by atoms with Crippen LogP contribution in [0.15, 0.2) is 18.2 Å². The van der Waals surface area contributed by atoms with Crippen molar-refractivity contribution in [1.29, 1.82) is 0 Å². The number of hydrogen-bond acceptors (Lipinski definition) is 4. The number of carbonyl (C=O) groups is 2. The monoisotopic (exact) mass is 290 g/mol. The van der Waals surface area contributed by atoms with E-state index in [1.54, 1.807) is 17.0 Å². The third-order valence-corrected chi connectivity index (χ3v) is 4.13. The highest BCUT2D eigenvalue weighted by molar-refractivity contribution is 5.99. The lowest BCUT2D eigenvalue weighted by Gasteiger charge is -2.21. The summed E-state index contributed by atoms with van der Waals surface area (Å²) in [7, 11) is 0. The van der Waals surface area contributed by atoms with Crippen LogP contribution in [0.5, 0.6) is 0 Å². The number of amides is 1. The molecule has 3 N–H and O–H groups in total. The minimum absolute atomic E-state index is 0.0320. The van der Waals surface area contributed by atoms with E-state index in [9.17, 15) is 9.59 Å². The molecule has 2 aliphatic rings. The summed E-state index contributed by atoms with van der Waals surface area (Å²) in [6.45, 7) is 1.01. The molecule has 2 atom stereocenters. The quantitative estimate of drug-likeness (QED) is 0.858. The van der Waals surface area contributed by atoms with Crippen molar-refractivity contribution in [3.8, 4) is 0 Å². The van der Waals surface area contributed by atoms with E-state index in [2.05, 4.69) is 0 Å². The topological polar surface area (TPSA) is 92.9 Å². The lowest BCUT2D eigenvalue weighted by atomic mass is 10.1. The lowest BCUT2D eigenvalue weighted by Crippen LogP contribution is -2.38. The largest absolute Gasteiger partial charge is 0.478 e. The minimum atomic E-state index is -0.951. The Morgan fingerprint density at radius 1 is 1.38 bits per heavy atom. The Bertz CT molecular complexity index is 587. The molecule has 0 aromatic heterocycles. The standard InChI is InChI=1S/C15H18N2O4/c16-8-11-2-4-13(21-11)14(18)17-6-5-9-7-10(15(19)20)1-3-12(9)17/h1,3,7,11,13H,2,4-6,8,16H2,(H,19,20). The normalized spacial score (nSPS) is 24.1. The van der Waals surface area contributed by atoms with Gasteiger partial charge in [0.15, 0.2) is 0 Å². The molecule has 3 rings (SSSR count). The second kappa shape index (κ2) is 5.46. The molecule has 2 heterocycles. The number of carboxylic acid groups (broad SMARTS) is 1. The molecular formula is C15H18N2O4. The first-order valence-electron chi connectivity index (χ1n) is 7.13. The van der Waals surface area contributed by atoms with Gasteiger partial charge in [0.25, 0.3) is 5.91 Å². The number of carbonyl (C=O) groups excluding carboxylic acids is 1. The Hall–Kier alpha value is -1.92. The van der Waals surface area contributed by atoms with E-state index in [4.69, 9.17) is 15.6 Å². The third-order valence-electron chi connectivity index (χ3n) is 4.13. The van der Waals surface area contributed by atoms with Gasteiger partial charge in [0.1, 0.15) is 6.10 Å². The van der Waals surface area contributed by atoms with Crippen LogP contribution in [-0.4, -0.2) is 42.3 Å². The number of ether oxygens (including phenoxy) is 1. The number of nitrogens with zero attached hydrogens (tertiary/aromatic N) is 1. The van der Waals surface area contributed by atoms with Crippen molar-refractivity contribution < 1.29 is 19.4 Å². The zero-order chi connectivity index (χ0) is 15.0. The van der Waals surface area contributed by atoms with Gasteiger partial charge >= 0.3 is 5.97 Å². The van der Waals surface area contributed by atoms with Gasteiger partial charge in [-0.1, -0.05) is 0 Å². The minimum Gasteiger partial charge on any atom is -0.478 e. The first kappa shape index (κ1) is 14.0. The van der Waals surface area contributed by atoms with Crippen molar-refractivity contribution in [2.24, 2.45) is 5.73 Å². The van der Waals surface area contributed by atoms with Crippen molar-refractivity contribution in [3.63, 3.8) is 0 Å². The number of carboxylic acids is 1. The molecule has 0 saturated carbocycles. The summed E-state index contributed by atoms with van der Waals surface area (Å²) in [5, 5.41) is 9.01. The molecule has 1 saturated heterocycles. The molecule has 1 amide bonds. The van der Waals surface area contributed by atoms with Gasteiger partial charge in [-0.15, -0.1) is 0 Å². The molecule has 1 aromatic rings. The number of benzene rings is 1. The van der Waals surface area contributed by atoms with Crippen molar-refractivity contribution in [2.75, 3.05) is 18.0 Å². The fourth-order valence-corrected chi connectivity index (χ4v) is 3.00. The van der Waals surface area contributed by atoms with Crippen LogP contribution in [0.3, 0.4) is 0 Å². The number of anilines is 1. The van der Waals surface area contributed by atoms with Gasteiger partial charge in [0.05, 0.1) is 11.7 Å². The Balaban J connectivity index is 1.78. The summed E-state index contributed by atoms with van der Waals surface area (Å²) >= 11 is 0. The van der Waals surface area contributed by atoms with E-state index in [1.807, 2.05) is 0 Å². The summed E-state index contributed by atoms with van der Waals surface area (Å²) in [6.07, 6.45) is 1.72. The molecule has 0 bridgehead atoms. The summed E-state index contributed by atoms with van der Waals surface area (Å²) < 4.78 is 5.65. The van der Waals surface area contributed by atoms with Gasteiger partial charge in [-0.3, -0.25) is 4.79 Å². The van der Waals surface area contributed by atoms with E-state index in [1.165, 1.54) is 6.07 Å². The van der Waals surface area contributed by atoms with Gasteiger partial charge in [-0.05, 0) is 43.0 Å². The highest BCUT2D eigenvalue weighted by Crippen LogP contribution is 2.31. The van der Waals surface area contributed by atoms with Crippen LogP contribution >= 0.6 is 0 Å². The predicted octanol–water partition coefficient (Wildman–Crippen LogP) is 0.780. The molecule has 0 aliphatic carbocycles. The second-order valence-electron chi connectivity index (χ2n) is 5.45. The average molecular weight is 290 g/mol. The fourth-order valence-electron chi connectivity index (χ4n) is 3.00. The number of aromatic carboxylic acids is 1. The SMILES string of the molecule is NCC1CCC(C(=O)N2CCc3cc(C(=O)O)ccc32)O1. The summed E-state index contributed by atoms with van der Waals surface area (Å²) in [6, 6.07) is 4.88. The van der Waals surface area contributed by atoms with E-state index >= 15 is 0 Å². The highest BCUT2D eigenvalue weighted by Gasteiger charge is 2.35. The molecule has 0 radical (unpaired) electrons. The van der Waals surface area contributed by atoms with Gasteiger partial charge in [-0.25, -0.2) is 4.79 Å². The molecular weight excluding hydrogens is 272 g/mol. The number of hydrogen-bond donors (Lipinski definition) is 2. The summed E-state index contributed by atoms with van der Waals surface area (Å²) in [4.78, 5) is 25.2. The smallest absolute Gasteiger partial charge is 0.335 e. The van der Waals surface area contributed by atoms with Crippen molar-refractivity contribution >= 4 is 17.6 Å². The van der Waals surface area contributed by atoms with E-state index in [-0.39, 0.29) is 17.6 Å². The van der Waals surface area contributed by atoms with Crippen LogP contribution in [0.1, 0.15) is 28.8 Å².